The molecular weight excluding hydrogens is 412 g/mol. The maximum atomic E-state index is 2.64. The molecule has 0 atom stereocenters. The van der Waals surface area contributed by atoms with Gasteiger partial charge in [-0.3, -0.25) is 0 Å². The fourth-order valence-corrected chi connectivity index (χ4v) is 7.22. The van der Waals surface area contributed by atoms with Gasteiger partial charge >= 0.3 is 0 Å². The molecule has 1 aliphatic rings. The molecule has 1 aliphatic carbocycles. The predicted octanol–water partition coefficient (Wildman–Crippen LogP) is 8.10. The van der Waals surface area contributed by atoms with Crippen molar-refractivity contribution in [2.45, 2.75) is 65.7 Å². The third kappa shape index (κ3) is 2.44. The van der Waals surface area contributed by atoms with Crippen LogP contribution in [-0.4, -0.2) is 4.40 Å². The Bertz CT molecular complexity index is 1780. The van der Waals surface area contributed by atoms with Crippen molar-refractivity contribution in [2.75, 3.05) is 0 Å². The van der Waals surface area contributed by atoms with Crippen molar-refractivity contribution in [3.05, 3.63) is 70.4 Å². The van der Waals surface area contributed by atoms with Crippen LogP contribution < -0.4 is 4.57 Å². The number of hydrogen-bond acceptors (Lipinski definition) is 0. The van der Waals surface area contributed by atoms with Gasteiger partial charge in [0.15, 0.2) is 6.20 Å². The summed E-state index contributed by atoms with van der Waals surface area (Å²) in [4.78, 5) is 0. The van der Waals surface area contributed by atoms with Crippen LogP contribution in [0.25, 0.3) is 49.0 Å². The average molecular weight is 446 g/mol. The molecule has 2 nitrogen and oxygen atoms in total. The number of rotatable bonds is 1. The Morgan fingerprint density at radius 2 is 1.56 bits per heavy atom. The largest absolute Gasteiger partial charge is 0.307 e. The van der Waals surface area contributed by atoms with Gasteiger partial charge in [0.05, 0.1) is 27.3 Å². The van der Waals surface area contributed by atoms with Crippen LogP contribution in [0.4, 0.5) is 0 Å². The maximum Gasteiger partial charge on any atom is 0.224 e. The van der Waals surface area contributed by atoms with E-state index in [-0.39, 0.29) is 0 Å². The van der Waals surface area contributed by atoms with Gasteiger partial charge in [-0.25, -0.2) is 4.57 Å². The van der Waals surface area contributed by atoms with Crippen molar-refractivity contribution < 1.29 is 4.57 Å². The summed E-state index contributed by atoms with van der Waals surface area (Å²) in [5.74, 6) is 0.663. The van der Waals surface area contributed by atoms with E-state index >= 15 is 0 Å². The van der Waals surface area contributed by atoms with Gasteiger partial charge in [-0.2, -0.15) is 0 Å². The second-order valence-corrected chi connectivity index (χ2v) is 10.9. The number of fused-ring (bicyclic) bond motifs is 6. The Kier molecular flexibility index (Phi) is 4.14. The van der Waals surface area contributed by atoms with E-state index in [1.807, 2.05) is 0 Å². The summed E-state index contributed by atoms with van der Waals surface area (Å²) in [5.41, 5.74) is 12.7. The molecule has 0 N–H and O–H groups in total. The Balaban J connectivity index is 1.88. The average Bonchev–Trinajstić information content (AvgIpc) is 3.19. The molecule has 34 heavy (non-hydrogen) atoms. The smallest absolute Gasteiger partial charge is 0.224 e. The third-order valence-electron chi connectivity index (χ3n) is 8.91. The molecule has 0 amide bonds. The molecule has 0 saturated heterocycles. The lowest BCUT2D eigenvalue weighted by molar-refractivity contribution is -0.643. The van der Waals surface area contributed by atoms with Gasteiger partial charge in [-0.05, 0) is 91.8 Å². The number of nitrogens with zero attached hydrogens (tertiary/aromatic N) is 2. The van der Waals surface area contributed by atoms with Gasteiger partial charge in [0.2, 0.25) is 5.52 Å². The Morgan fingerprint density at radius 3 is 2.35 bits per heavy atom. The number of hydrogen-bond donors (Lipinski definition) is 0. The van der Waals surface area contributed by atoms with E-state index in [1.165, 1.54) is 103 Å². The van der Waals surface area contributed by atoms with E-state index in [0.717, 1.165) is 0 Å². The molecular formula is C32H33N2+. The highest BCUT2D eigenvalue weighted by molar-refractivity contribution is 6.29. The van der Waals surface area contributed by atoms with Gasteiger partial charge in [-0.1, -0.05) is 37.5 Å². The van der Waals surface area contributed by atoms with Crippen LogP contribution in [0.1, 0.15) is 65.8 Å². The van der Waals surface area contributed by atoms with Crippen LogP contribution in [0.3, 0.4) is 0 Å². The SMILES string of the molecule is Cc1cc(C)c2c(c1C)c1c3c(cc[n+]1C)cc(C1CCCCC1)c1c4c(C)cccc4n2c13. The van der Waals surface area contributed by atoms with Crippen LogP contribution in [0, 0.1) is 27.7 Å². The maximum absolute atomic E-state index is 2.64. The van der Waals surface area contributed by atoms with Gasteiger partial charge in [0, 0.05) is 16.8 Å². The Hall–Kier alpha value is -3.13. The second kappa shape index (κ2) is 6.95. The van der Waals surface area contributed by atoms with E-state index in [9.17, 15) is 0 Å². The molecule has 3 aromatic heterocycles. The number of aryl methyl sites for hydroxylation is 5. The molecule has 3 aromatic carbocycles. The minimum absolute atomic E-state index is 0.663. The first-order valence-electron chi connectivity index (χ1n) is 13.0. The molecule has 1 fully saturated rings. The van der Waals surface area contributed by atoms with E-state index < -0.39 is 0 Å². The molecule has 2 heteroatoms. The highest BCUT2D eigenvalue weighted by atomic mass is 15.0. The first kappa shape index (κ1) is 20.3. The summed E-state index contributed by atoms with van der Waals surface area (Å²) in [6.45, 7) is 9.17. The predicted molar refractivity (Wildman–Crippen MR) is 145 cm³/mol. The molecule has 3 heterocycles. The van der Waals surface area contributed by atoms with Crippen LogP contribution in [0.15, 0.2) is 42.6 Å². The highest BCUT2D eigenvalue weighted by Crippen LogP contribution is 2.47. The fraction of sp³-hybridized carbons (Fsp3) is 0.344. The summed E-state index contributed by atoms with van der Waals surface area (Å²) in [6, 6.07) is 14.2. The summed E-state index contributed by atoms with van der Waals surface area (Å²) in [7, 11) is 2.22. The van der Waals surface area contributed by atoms with Crippen LogP contribution >= 0.6 is 0 Å². The number of aromatic nitrogens is 2. The molecule has 1 saturated carbocycles. The molecule has 0 bridgehead atoms. The van der Waals surface area contributed by atoms with Crippen molar-refractivity contribution in [3.63, 3.8) is 0 Å². The Morgan fingerprint density at radius 1 is 0.765 bits per heavy atom. The van der Waals surface area contributed by atoms with Gasteiger partial charge in [-0.15, -0.1) is 0 Å². The van der Waals surface area contributed by atoms with Crippen LogP contribution in [0.5, 0.6) is 0 Å². The lowest BCUT2D eigenvalue weighted by atomic mass is 9.81. The lowest BCUT2D eigenvalue weighted by Gasteiger charge is -2.24. The van der Waals surface area contributed by atoms with Crippen molar-refractivity contribution in [1.29, 1.82) is 0 Å². The topological polar surface area (TPSA) is 8.29 Å². The van der Waals surface area contributed by atoms with E-state index in [1.54, 1.807) is 5.56 Å². The summed E-state index contributed by atoms with van der Waals surface area (Å²) < 4.78 is 5.00. The fourth-order valence-electron chi connectivity index (χ4n) is 7.22. The normalized spacial score (nSPS) is 15.7. The minimum atomic E-state index is 0.663. The van der Waals surface area contributed by atoms with Crippen LogP contribution in [-0.2, 0) is 7.05 Å². The van der Waals surface area contributed by atoms with Gasteiger partial charge < -0.3 is 4.40 Å². The van der Waals surface area contributed by atoms with Crippen molar-refractivity contribution >= 4 is 49.0 Å². The molecule has 6 aromatic rings. The second-order valence-electron chi connectivity index (χ2n) is 10.9. The minimum Gasteiger partial charge on any atom is -0.307 e. The van der Waals surface area contributed by atoms with Gasteiger partial charge in [0.1, 0.15) is 7.05 Å². The summed E-state index contributed by atoms with van der Waals surface area (Å²) >= 11 is 0. The van der Waals surface area contributed by atoms with E-state index in [2.05, 4.69) is 86.3 Å². The van der Waals surface area contributed by atoms with E-state index in [0.29, 0.717) is 5.92 Å². The molecule has 0 aliphatic heterocycles. The lowest BCUT2D eigenvalue weighted by Crippen LogP contribution is -2.29. The zero-order valence-electron chi connectivity index (χ0n) is 21.0. The van der Waals surface area contributed by atoms with E-state index in [4.69, 9.17) is 0 Å². The zero-order valence-corrected chi connectivity index (χ0v) is 21.0. The Labute approximate surface area is 201 Å². The monoisotopic (exact) mass is 445 g/mol. The van der Waals surface area contributed by atoms with Crippen molar-refractivity contribution in [1.82, 2.24) is 4.40 Å². The summed E-state index contributed by atoms with van der Waals surface area (Å²) in [6.07, 6.45) is 9.02. The molecule has 0 unspecified atom stereocenters. The molecule has 170 valence electrons. The summed E-state index contributed by atoms with van der Waals surface area (Å²) in [5, 5.41) is 7.21. The van der Waals surface area contributed by atoms with Crippen molar-refractivity contribution in [2.24, 2.45) is 7.05 Å². The highest BCUT2D eigenvalue weighted by Gasteiger charge is 2.29. The number of pyridine rings is 2. The van der Waals surface area contributed by atoms with Crippen LogP contribution in [0.2, 0.25) is 0 Å². The standard InChI is InChI=1S/C32H33N2/c1-18-10-9-13-25-26(18)29-24(22-11-7-6-8-12-22)17-23-14-15-33(5)31-27-21(4)19(2)16-20(3)30(27)34(25)32(29)28(23)31/h9-10,13-17,22H,6-8,11-12H2,1-5H3/q+1. The first-order valence-corrected chi connectivity index (χ1v) is 13.0. The third-order valence-corrected chi connectivity index (χ3v) is 8.91. The quantitative estimate of drug-likeness (QED) is 0.137. The van der Waals surface area contributed by atoms with Gasteiger partial charge in [0.25, 0.3) is 0 Å². The molecule has 0 radical (unpaired) electrons. The number of benzene rings is 3. The molecule has 0 spiro atoms. The first-order chi connectivity index (χ1) is 16.5. The zero-order chi connectivity index (χ0) is 23.3. The van der Waals surface area contributed by atoms with Crippen molar-refractivity contribution in [3.8, 4) is 0 Å². The molecule has 7 rings (SSSR count).